The Hall–Kier alpha value is -3.02. The number of aliphatic carboxylic acids is 1. The number of rotatable bonds is 4. The minimum Gasteiger partial charge on any atom is -0.475 e. The number of likely N-dealkylation sites (tertiary alicyclic amines) is 1. The third kappa shape index (κ3) is 6.85. The number of nitrogens with one attached hydrogen (secondary N) is 1. The summed E-state index contributed by atoms with van der Waals surface area (Å²) in [6, 6.07) is 7.16. The van der Waals surface area contributed by atoms with E-state index in [1.807, 2.05) is 6.07 Å². The summed E-state index contributed by atoms with van der Waals surface area (Å²) < 4.78 is 47.3. The number of hydrogen-bond acceptors (Lipinski definition) is 5. The van der Waals surface area contributed by atoms with Crippen molar-refractivity contribution in [3.8, 4) is 0 Å². The van der Waals surface area contributed by atoms with Crippen LogP contribution in [0.4, 0.5) is 17.6 Å². The summed E-state index contributed by atoms with van der Waals surface area (Å²) in [5, 5.41) is 18.9. The molecule has 3 aliphatic rings. The van der Waals surface area contributed by atoms with Gasteiger partial charge in [0.1, 0.15) is 11.6 Å². The molecule has 0 bridgehead atoms. The zero-order valence-corrected chi connectivity index (χ0v) is 20.4. The van der Waals surface area contributed by atoms with Gasteiger partial charge in [0.05, 0.1) is 0 Å². The second kappa shape index (κ2) is 11.2. The highest BCUT2D eigenvalue weighted by Crippen LogP contribution is 2.41. The lowest BCUT2D eigenvalue weighted by Crippen LogP contribution is -2.41. The largest absolute Gasteiger partial charge is 0.490 e. The van der Waals surface area contributed by atoms with Crippen LogP contribution in [0.3, 0.4) is 0 Å². The van der Waals surface area contributed by atoms with Crippen molar-refractivity contribution in [1.82, 2.24) is 25.0 Å². The fourth-order valence-corrected chi connectivity index (χ4v) is 5.44. The molecule has 8 nitrogen and oxygen atoms in total. The smallest absolute Gasteiger partial charge is 0.475 e. The van der Waals surface area contributed by atoms with Crippen LogP contribution >= 0.6 is 0 Å². The Morgan fingerprint density at radius 1 is 1.11 bits per heavy atom. The minimum atomic E-state index is -5.08. The van der Waals surface area contributed by atoms with Gasteiger partial charge in [0.15, 0.2) is 0 Å². The lowest BCUT2D eigenvalue weighted by molar-refractivity contribution is -0.192. The number of piperidine rings is 1. The first-order chi connectivity index (χ1) is 17.5. The van der Waals surface area contributed by atoms with E-state index in [-0.39, 0.29) is 23.2 Å². The number of halogens is 4. The number of amides is 1. The third-order valence-electron chi connectivity index (χ3n) is 7.45. The van der Waals surface area contributed by atoms with Gasteiger partial charge in [0.25, 0.3) is 5.91 Å². The molecule has 1 aromatic carbocycles. The van der Waals surface area contributed by atoms with Crippen molar-refractivity contribution in [3.63, 3.8) is 0 Å². The molecule has 2 aliphatic heterocycles. The van der Waals surface area contributed by atoms with Crippen LogP contribution in [0.25, 0.3) is 0 Å². The van der Waals surface area contributed by atoms with Crippen molar-refractivity contribution in [1.29, 1.82) is 0 Å². The van der Waals surface area contributed by atoms with E-state index >= 15 is 0 Å². The molecule has 1 aromatic heterocycles. The Morgan fingerprint density at radius 3 is 2.41 bits per heavy atom. The highest BCUT2D eigenvalue weighted by Gasteiger charge is 2.43. The molecule has 3 heterocycles. The molecule has 2 aromatic rings. The second-order valence-corrected chi connectivity index (χ2v) is 10.2. The van der Waals surface area contributed by atoms with Gasteiger partial charge in [-0.15, -0.1) is 10.2 Å². The lowest BCUT2D eigenvalue weighted by Gasteiger charge is -2.39. The number of benzene rings is 1. The summed E-state index contributed by atoms with van der Waals surface area (Å²) in [5.74, 6) is -1.57. The molecule has 2 N–H and O–H groups in total. The molecule has 1 aliphatic carbocycles. The van der Waals surface area contributed by atoms with Crippen LogP contribution in [-0.4, -0.2) is 62.0 Å². The van der Waals surface area contributed by atoms with Gasteiger partial charge in [-0.25, -0.2) is 9.18 Å². The van der Waals surface area contributed by atoms with Gasteiger partial charge < -0.3 is 15.0 Å². The van der Waals surface area contributed by atoms with Crippen LogP contribution < -0.4 is 5.32 Å². The number of alkyl halides is 3. The Morgan fingerprint density at radius 2 is 1.78 bits per heavy atom. The number of carbonyl (C=O) groups is 2. The number of fused-ring (bicyclic) bond motifs is 1. The second-order valence-electron chi connectivity index (χ2n) is 10.2. The van der Waals surface area contributed by atoms with Gasteiger partial charge in [-0.1, -0.05) is 31.4 Å². The summed E-state index contributed by atoms with van der Waals surface area (Å²) in [7, 11) is 0. The molecule has 202 valence electrons. The minimum absolute atomic E-state index is 0.0683. The van der Waals surface area contributed by atoms with Crippen molar-refractivity contribution in [2.75, 3.05) is 13.1 Å². The molecule has 1 saturated heterocycles. The molecule has 1 spiro atoms. The average molecular weight is 526 g/mol. The quantitative estimate of drug-likeness (QED) is 0.587. The van der Waals surface area contributed by atoms with Crippen LogP contribution in [0.5, 0.6) is 0 Å². The van der Waals surface area contributed by atoms with E-state index in [4.69, 9.17) is 9.90 Å². The monoisotopic (exact) mass is 525 g/mol. The number of nitrogens with zero attached hydrogens (tertiary/aromatic N) is 4. The van der Waals surface area contributed by atoms with Gasteiger partial charge in [0, 0.05) is 25.6 Å². The van der Waals surface area contributed by atoms with E-state index in [2.05, 4.69) is 25.0 Å². The summed E-state index contributed by atoms with van der Waals surface area (Å²) in [4.78, 5) is 24.1. The predicted molar refractivity (Wildman–Crippen MR) is 125 cm³/mol. The molecule has 5 rings (SSSR count). The highest BCUT2D eigenvalue weighted by molar-refractivity contribution is 5.91. The van der Waals surface area contributed by atoms with Crippen LogP contribution in [-0.2, 0) is 24.3 Å². The molecule has 1 saturated carbocycles. The SMILES string of the molecule is O=C(NC1CCCCC1)c1nnc2n1CC1(CCN(Cc3cccc(F)c3)CC1)C2.O=C(O)C(F)(F)F. The van der Waals surface area contributed by atoms with Crippen molar-refractivity contribution in [3.05, 3.63) is 47.3 Å². The summed E-state index contributed by atoms with van der Waals surface area (Å²) in [5.41, 5.74) is 1.19. The van der Waals surface area contributed by atoms with E-state index in [1.54, 1.807) is 12.1 Å². The van der Waals surface area contributed by atoms with Crippen molar-refractivity contribution in [2.24, 2.45) is 5.41 Å². The number of carboxylic acid groups (broad SMARTS) is 1. The summed E-state index contributed by atoms with van der Waals surface area (Å²) >= 11 is 0. The fourth-order valence-electron chi connectivity index (χ4n) is 5.44. The standard InChI is InChI=1S/C23H30FN5O.C2HF3O2/c24-18-6-4-5-17(13-18)15-28-11-9-23(10-12-28)14-20-26-27-21(29(20)16-23)22(30)25-19-7-2-1-3-8-19;3-2(4,5)1(6)7/h4-6,13,19H,1-3,7-12,14-16H2,(H,25,30);(H,6,7). The zero-order chi connectivity index (χ0) is 26.6. The first-order valence-corrected chi connectivity index (χ1v) is 12.5. The Bertz CT molecular complexity index is 1110. The Balaban J connectivity index is 0.000000405. The van der Waals surface area contributed by atoms with Gasteiger partial charge in [-0.05, 0) is 61.9 Å². The molecule has 2 fully saturated rings. The summed E-state index contributed by atoms with van der Waals surface area (Å²) in [6.07, 6.45) is 3.73. The average Bonchev–Trinajstić information content (AvgIpc) is 3.38. The van der Waals surface area contributed by atoms with Crippen LogP contribution in [0.2, 0.25) is 0 Å². The van der Waals surface area contributed by atoms with Gasteiger partial charge in [-0.2, -0.15) is 13.2 Å². The number of hydrogen-bond donors (Lipinski definition) is 2. The first kappa shape index (κ1) is 27.0. The topological polar surface area (TPSA) is 100 Å². The molecule has 0 unspecified atom stereocenters. The van der Waals surface area contributed by atoms with E-state index < -0.39 is 12.1 Å². The van der Waals surface area contributed by atoms with E-state index in [0.29, 0.717) is 5.82 Å². The van der Waals surface area contributed by atoms with E-state index in [9.17, 15) is 22.4 Å². The molecule has 0 radical (unpaired) electrons. The number of aromatic nitrogens is 3. The maximum absolute atomic E-state index is 13.5. The molecular weight excluding hydrogens is 494 g/mol. The lowest BCUT2D eigenvalue weighted by atomic mass is 9.77. The number of carbonyl (C=O) groups excluding carboxylic acids is 1. The molecule has 37 heavy (non-hydrogen) atoms. The number of carboxylic acids is 1. The maximum atomic E-state index is 13.5. The highest BCUT2D eigenvalue weighted by atomic mass is 19.4. The zero-order valence-electron chi connectivity index (χ0n) is 20.4. The van der Waals surface area contributed by atoms with Crippen LogP contribution in [0.15, 0.2) is 24.3 Å². The van der Waals surface area contributed by atoms with Gasteiger partial charge >= 0.3 is 12.1 Å². The maximum Gasteiger partial charge on any atom is 0.490 e. The molecule has 1 amide bonds. The Kier molecular flexibility index (Phi) is 8.15. The predicted octanol–water partition coefficient (Wildman–Crippen LogP) is 3.95. The molecule has 12 heteroatoms. The van der Waals surface area contributed by atoms with Crippen LogP contribution in [0, 0.1) is 11.2 Å². The van der Waals surface area contributed by atoms with Gasteiger partial charge in [0.2, 0.25) is 5.82 Å². The third-order valence-corrected chi connectivity index (χ3v) is 7.45. The van der Waals surface area contributed by atoms with E-state index in [0.717, 1.165) is 69.7 Å². The van der Waals surface area contributed by atoms with E-state index in [1.165, 1.54) is 25.3 Å². The van der Waals surface area contributed by atoms with Gasteiger partial charge in [-0.3, -0.25) is 9.69 Å². The molecular formula is C25H31F4N5O3. The summed E-state index contributed by atoms with van der Waals surface area (Å²) in [6.45, 7) is 3.59. The van der Waals surface area contributed by atoms with Crippen molar-refractivity contribution >= 4 is 11.9 Å². The van der Waals surface area contributed by atoms with Crippen molar-refractivity contribution in [2.45, 2.75) is 76.7 Å². The first-order valence-electron chi connectivity index (χ1n) is 12.5. The normalized spacial score (nSPS) is 19.7. The Labute approximate surface area is 212 Å². The fraction of sp³-hybridized carbons (Fsp3) is 0.600. The van der Waals surface area contributed by atoms with Crippen molar-refractivity contribution < 1.29 is 32.3 Å². The molecule has 0 atom stereocenters. The van der Waals surface area contributed by atoms with Crippen LogP contribution in [0.1, 0.15) is 67.0 Å².